The average Bonchev–Trinajstić information content (AvgIpc) is 3.06. The van der Waals surface area contributed by atoms with Gasteiger partial charge in [-0.15, -0.1) is 0 Å². The van der Waals surface area contributed by atoms with E-state index in [1.807, 2.05) is 13.0 Å². The van der Waals surface area contributed by atoms with Crippen LogP contribution in [0.5, 0.6) is 0 Å². The van der Waals surface area contributed by atoms with Crippen LogP contribution in [-0.2, 0) is 6.42 Å². The van der Waals surface area contributed by atoms with Crippen molar-refractivity contribution in [2.45, 2.75) is 51.1 Å². The molecule has 2 fully saturated rings. The first-order valence-electron chi connectivity index (χ1n) is 7.41. The molecule has 1 aromatic rings. The molecule has 4 heteroatoms. The molecular weight excluding hydrogens is 240 g/mol. The molecule has 2 aliphatic rings. The molecule has 0 radical (unpaired) electrons. The number of hydrogen-bond donors (Lipinski definition) is 1. The quantitative estimate of drug-likeness (QED) is 0.908. The number of furan rings is 1. The Morgan fingerprint density at radius 3 is 3.05 bits per heavy atom. The molecule has 19 heavy (non-hydrogen) atoms. The van der Waals surface area contributed by atoms with Crippen molar-refractivity contribution >= 4 is 5.91 Å². The summed E-state index contributed by atoms with van der Waals surface area (Å²) in [6, 6.07) is 4.50. The monoisotopic (exact) mass is 262 g/mol. The molecule has 3 rings (SSSR count). The van der Waals surface area contributed by atoms with Crippen LogP contribution >= 0.6 is 0 Å². The molecule has 2 saturated heterocycles. The Hall–Kier alpha value is -1.29. The Kier molecular flexibility index (Phi) is 3.60. The van der Waals surface area contributed by atoms with Crippen molar-refractivity contribution in [3.05, 3.63) is 23.7 Å². The summed E-state index contributed by atoms with van der Waals surface area (Å²) >= 11 is 0. The second-order valence-corrected chi connectivity index (χ2v) is 5.59. The smallest absolute Gasteiger partial charge is 0.287 e. The summed E-state index contributed by atoms with van der Waals surface area (Å²) in [5, 5.41) is 3.16. The number of fused-ring (bicyclic) bond motifs is 1. The van der Waals surface area contributed by atoms with Gasteiger partial charge in [0.1, 0.15) is 5.76 Å². The van der Waals surface area contributed by atoms with Gasteiger partial charge in [0.15, 0.2) is 5.76 Å². The third kappa shape index (κ3) is 2.54. The third-order valence-corrected chi connectivity index (χ3v) is 4.41. The van der Waals surface area contributed by atoms with Crippen LogP contribution in [-0.4, -0.2) is 36.0 Å². The zero-order valence-electron chi connectivity index (χ0n) is 11.5. The maximum atomic E-state index is 12.2. The minimum absolute atomic E-state index is 0.0582. The lowest BCUT2D eigenvalue weighted by Crippen LogP contribution is -2.46. The second kappa shape index (κ2) is 5.37. The lowest BCUT2D eigenvalue weighted by molar-refractivity contribution is 0.0886. The van der Waals surface area contributed by atoms with Crippen LogP contribution in [0, 0.1) is 0 Å². The van der Waals surface area contributed by atoms with E-state index in [2.05, 4.69) is 10.2 Å². The van der Waals surface area contributed by atoms with Gasteiger partial charge in [0.2, 0.25) is 0 Å². The summed E-state index contributed by atoms with van der Waals surface area (Å²) in [6.07, 6.45) is 5.69. The number of hydrogen-bond acceptors (Lipinski definition) is 3. The van der Waals surface area contributed by atoms with Crippen LogP contribution < -0.4 is 5.32 Å². The van der Waals surface area contributed by atoms with Gasteiger partial charge in [-0.1, -0.05) is 13.3 Å². The minimum Gasteiger partial charge on any atom is -0.456 e. The number of piperidine rings is 1. The van der Waals surface area contributed by atoms with Gasteiger partial charge < -0.3 is 9.73 Å². The van der Waals surface area contributed by atoms with Crippen LogP contribution in [0.2, 0.25) is 0 Å². The highest BCUT2D eigenvalue weighted by Gasteiger charge is 2.36. The zero-order chi connectivity index (χ0) is 13.2. The number of rotatable bonds is 3. The van der Waals surface area contributed by atoms with Gasteiger partial charge in [-0.2, -0.15) is 0 Å². The van der Waals surface area contributed by atoms with Crippen LogP contribution in [0.1, 0.15) is 48.9 Å². The average molecular weight is 262 g/mol. The molecule has 0 bridgehead atoms. The third-order valence-electron chi connectivity index (χ3n) is 4.41. The van der Waals surface area contributed by atoms with E-state index in [1.54, 1.807) is 6.07 Å². The van der Waals surface area contributed by atoms with Crippen molar-refractivity contribution < 1.29 is 9.21 Å². The predicted octanol–water partition coefficient (Wildman–Crippen LogP) is 2.20. The summed E-state index contributed by atoms with van der Waals surface area (Å²) in [6.45, 7) is 4.34. The second-order valence-electron chi connectivity index (χ2n) is 5.59. The van der Waals surface area contributed by atoms with Gasteiger partial charge in [-0.05, 0) is 37.9 Å². The number of carbonyl (C=O) groups is 1. The van der Waals surface area contributed by atoms with Crippen LogP contribution in [0.3, 0.4) is 0 Å². The van der Waals surface area contributed by atoms with Gasteiger partial charge in [0, 0.05) is 25.0 Å². The van der Waals surface area contributed by atoms with E-state index in [0.717, 1.165) is 25.1 Å². The molecule has 3 heterocycles. The van der Waals surface area contributed by atoms with Crippen molar-refractivity contribution in [1.29, 1.82) is 0 Å². The molecule has 104 valence electrons. The summed E-state index contributed by atoms with van der Waals surface area (Å²) in [5.74, 6) is 1.26. The number of nitrogens with one attached hydrogen (secondary N) is 1. The van der Waals surface area contributed by atoms with Crippen molar-refractivity contribution in [2.24, 2.45) is 0 Å². The predicted molar refractivity (Wildman–Crippen MR) is 73.2 cm³/mol. The van der Waals surface area contributed by atoms with E-state index in [9.17, 15) is 4.79 Å². The van der Waals surface area contributed by atoms with Crippen molar-refractivity contribution in [3.8, 4) is 0 Å². The molecule has 0 aliphatic carbocycles. The number of aryl methyl sites for hydroxylation is 1. The van der Waals surface area contributed by atoms with Crippen LogP contribution in [0.15, 0.2) is 16.5 Å². The summed E-state index contributed by atoms with van der Waals surface area (Å²) in [7, 11) is 0. The maximum absolute atomic E-state index is 12.2. The molecule has 0 spiro atoms. The van der Waals surface area contributed by atoms with Crippen molar-refractivity contribution in [3.63, 3.8) is 0 Å². The Bertz CT molecular complexity index is 455. The normalized spacial score (nSPS) is 27.2. The molecule has 1 aromatic heterocycles. The van der Waals surface area contributed by atoms with Crippen molar-refractivity contribution in [1.82, 2.24) is 10.2 Å². The van der Waals surface area contributed by atoms with E-state index in [4.69, 9.17) is 4.42 Å². The SMILES string of the molecule is CCc1ccc(C(=O)N[C@H]2CCN3CCCC[C@@H]23)o1. The molecule has 0 aromatic carbocycles. The van der Waals surface area contributed by atoms with E-state index < -0.39 is 0 Å². The molecule has 1 N–H and O–H groups in total. The molecule has 4 nitrogen and oxygen atoms in total. The topological polar surface area (TPSA) is 45.5 Å². The summed E-state index contributed by atoms with van der Waals surface area (Å²) < 4.78 is 5.52. The fourth-order valence-electron chi connectivity index (χ4n) is 3.35. The first-order chi connectivity index (χ1) is 9.28. The van der Waals surface area contributed by atoms with Gasteiger partial charge >= 0.3 is 0 Å². The van der Waals surface area contributed by atoms with Gasteiger partial charge in [-0.25, -0.2) is 0 Å². The van der Waals surface area contributed by atoms with Gasteiger partial charge in [0.25, 0.3) is 5.91 Å². The standard InChI is InChI=1S/C15H22N2O2/c1-2-11-6-7-14(19-11)15(18)16-12-8-10-17-9-4-3-5-13(12)17/h6-7,12-13H,2-5,8-10H2,1H3,(H,16,18)/t12-,13-/m0/s1. The van der Waals surface area contributed by atoms with Gasteiger partial charge in [0.05, 0.1) is 0 Å². The maximum Gasteiger partial charge on any atom is 0.287 e. The highest BCUT2D eigenvalue weighted by Crippen LogP contribution is 2.27. The van der Waals surface area contributed by atoms with E-state index in [1.165, 1.54) is 25.8 Å². The fourth-order valence-corrected chi connectivity index (χ4v) is 3.35. The Morgan fingerprint density at radius 1 is 1.37 bits per heavy atom. The number of nitrogens with zero attached hydrogens (tertiary/aromatic N) is 1. The Balaban J connectivity index is 1.63. The Labute approximate surface area is 114 Å². The molecule has 0 saturated carbocycles. The zero-order valence-corrected chi connectivity index (χ0v) is 11.5. The molecule has 0 unspecified atom stereocenters. The Morgan fingerprint density at radius 2 is 2.26 bits per heavy atom. The molecule has 1 amide bonds. The van der Waals surface area contributed by atoms with E-state index in [0.29, 0.717) is 17.8 Å². The van der Waals surface area contributed by atoms with Crippen LogP contribution in [0.4, 0.5) is 0 Å². The number of amides is 1. The molecule has 2 aliphatic heterocycles. The van der Waals surface area contributed by atoms with Crippen LogP contribution in [0.25, 0.3) is 0 Å². The van der Waals surface area contributed by atoms with E-state index in [-0.39, 0.29) is 5.91 Å². The highest BCUT2D eigenvalue weighted by molar-refractivity contribution is 5.91. The summed E-state index contributed by atoms with van der Waals surface area (Å²) in [4.78, 5) is 14.7. The lowest BCUT2D eigenvalue weighted by Gasteiger charge is -2.32. The fraction of sp³-hybridized carbons (Fsp3) is 0.667. The molecular formula is C15H22N2O2. The lowest BCUT2D eigenvalue weighted by atomic mass is 9.99. The minimum atomic E-state index is -0.0582. The first-order valence-corrected chi connectivity index (χ1v) is 7.41. The van der Waals surface area contributed by atoms with E-state index >= 15 is 0 Å². The highest BCUT2D eigenvalue weighted by atomic mass is 16.3. The summed E-state index contributed by atoms with van der Waals surface area (Å²) in [5.41, 5.74) is 0. The van der Waals surface area contributed by atoms with Crippen molar-refractivity contribution in [2.75, 3.05) is 13.1 Å². The van der Waals surface area contributed by atoms with Gasteiger partial charge in [-0.3, -0.25) is 9.69 Å². The largest absolute Gasteiger partial charge is 0.456 e. The first kappa shape index (κ1) is 12.7. The molecule has 2 atom stereocenters. The number of carbonyl (C=O) groups excluding carboxylic acids is 1.